The second-order valence-corrected chi connectivity index (χ2v) is 4.74. The van der Waals surface area contributed by atoms with E-state index in [2.05, 4.69) is 10.4 Å². The molecule has 0 saturated heterocycles. The van der Waals surface area contributed by atoms with Gasteiger partial charge in [0.05, 0.1) is 10.5 Å². The first-order valence-corrected chi connectivity index (χ1v) is 6.58. The van der Waals surface area contributed by atoms with E-state index >= 15 is 0 Å². The highest BCUT2D eigenvalue weighted by Gasteiger charge is 2.17. The highest BCUT2D eigenvalue weighted by atomic mass is 35.5. The van der Waals surface area contributed by atoms with Gasteiger partial charge in [0.1, 0.15) is 0 Å². The maximum Gasteiger partial charge on any atom is 0.273 e. The number of carbonyl (C=O) groups is 1. The van der Waals surface area contributed by atoms with Gasteiger partial charge in [-0.25, -0.2) is 4.52 Å². The van der Waals surface area contributed by atoms with Gasteiger partial charge in [0, 0.05) is 12.7 Å². The van der Waals surface area contributed by atoms with Crippen molar-refractivity contribution in [3.05, 3.63) is 71.0 Å². The maximum atomic E-state index is 12.1. The number of nitrogens with zero attached hydrogens (tertiary/aromatic N) is 2. The van der Waals surface area contributed by atoms with Gasteiger partial charge in [0.15, 0.2) is 5.69 Å². The molecule has 1 N–H and O–H groups in total. The predicted octanol–water partition coefficient (Wildman–Crippen LogP) is 2.92. The van der Waals surface area contributed by atoms with Crippen molar-refractivity contribution >= 4 is 23.0 Å². The van der Waals surface area contributed by atoms with Crippen molar-refractivity contribution in [1.82, 2.24) is 14.9 Å². The van der Waals surface area contributed by atoms with Gasteiger partial charge in [-0.1, -0.05) is 48.0 Å². The van der Waals surface area contributed by atoms with Crippen molar-refractivity contribution in [2.75, 3.05) is 0 Å². The highest BCUT2D eigenvalue weighted by Crippen LogP contribution is 2.21. The van der Waals surface area contributed by atoms with Crippen LogP contribution in [0.3, 0.4) is 0 Å². The van der Waals surface area contributed by atoms with E-state index in [0.717, 1.165) is 11.1 Å². The first kappa shape index (κ1) is 12.7. The van der Waals surface area contributed by atoms with E-state index in [1.54, 1.807) is 10.7 Å². The first-order chi connectivity index (χ1) is 9.75. The van der Waals surface area contributed by atoms with E-state index < -0.39 is 0 Å². The Balaban J connectivity index is 1.81. The molecule has 20 heavy (non-hydrogen) atoms. The Kier molecular flexibility index (Phi) is 3.39. The van der Waals surface area contributed by atoms with Crippen molar-refractivity contribution in [2.24, 2.45) is 0 Å². The minimum atomic E-state index is -0.275. The van der Waals surface area contributed by atoms with Crippen molar-refractivity contribution in [2.45, 2.75) is 6.54 Å². The molecule has 2 heterocycles. The van der Waals surface area contributed by atoms with Gasteiger partial charge in [-0.05, 0) is 17.7 Å². The number of nitrogens with one attached hydrogen (secondary N) is 1. The Hall–Kier alpha value is -2.33. The fourth-order valence-electron chi connectivity index (χ4n) is 1.98. The third-order valence-corrected chi connectivity index (χ3v) is 3.36. The van der Waals surface area contributed by atoms with Crippen LogP contribution in [0.5, 0.6) is 0 Å². The van der Waals surface area contributed by atoms with Gasteiger partial charge in [-0.15, -0.1) is 0 Å². The molecule has 0 atom stereocenters. The van der Waals surface area contributed by atoms with Crippen LogP contribution in [-0.2, 0) is 6.54 Å². The fraction of sp³-hybridized carbons (Fsp3) is 0.0667. The molecule has 0 aliphatic rings. The van der Waals surface area contributed by atoms with E-state index in [9.17, 15) is 4.79 Å². The van der Waals surface area contributed by atoms with Gasteiger partial charge in [-0.2, -0.15) is 5.10 Å². The average Bonchev–Trinajstić information content (AvgIpc) is 2.84. The normalized spacial score (nSPS) is 10.7. The largest absolute Gasteiger partial charge is 0.347 e. The number of aromatic nitrogens is 2. The van der Waals surface area contributed by atoms with E-state index in [1.165, 1.54) is 0 Å². The molecule has 0 aliphatic heterocycles. The fourth-order valence-corrected chi connectivity index (χ4v) is 2.25. The molecule has 5 heteroatoms. The lowest BCUT2D eigenvalue weighted by molar-refractivity contribution is 0.0945. The number of hydrogen-bond donors (Lipinski definition) is 1. The van der Waals surface area contributed by atoms with Crippen LogP contribution in [0, 0.1) is 0 Å². The third kappa shape index (κ3) is 2.38. The Morgan fingerprint density at radius 1 is 1.15 bits per heavy atom. The zero-order valence-electron chi connectivity index (χ0n) is 10.6. The molecule has 3 rings (SSSR count). The molecule has 100 valence electrons. The van der Waals surface area contributed by atoms with Crippen LogP contribution in [0.25, 0.3) is 5.52 Å². The molecule has 0 saturated carbocycles. The smallest absolute Gasteiger partial charge is 0.273 e. The summed E-state index contributed by atoms with van der Waals surface area (Å²) < 4.78 is 1.60. The summed E-state index contributed by atoms with van der Waals surface area (Å²) in [6.45, 7) is 0.448. The van der Waals surface area contributed by atoms with Gasteiger partial charge >= 0.3 is 0 Å². The Morgan fingerprint density at radius 2 is 1.90 bits per heavy atom. The molecular formula is C15H12ClN3O. The first-order valence-electron chi connectivity index (χ1n) is 6.20. The lowest BCUT2D eigenvalue weighted by atomic mass is 10.2. The zero-order valence-corrected chi connectivity index (χ0v) is 11.3. The van der Waals surface area contributed by atoms with E-state index in [4.69, 9.17) is 11.6 Å². The minimum absolute atomic E-state index is 0.244. The van der Waals surface area contributed by atoms with Gasteiger partial charge in [-0.3, -0.25) is 4.79 Å². The highest BCUT2D eigenvalue weighted by molar-refractivity contribution is 6.36. The molecule has 3 aromatic rings. The predicted molar refractivity (Wildman–Crippen MR) is 77.8 cm³/mol. The Bertz CT molecular complexity index is 752. The summed E-state index contributed by atoms with van der Waals surface area (Å²) in [5.74, 6) is -0.275. The third-order valence-electron chi connectivity index (χ3n) is 2.99. The molecule has 0 unspecified atom stereocenters. The lowest BCUT2D eigenvalue weighted by Crippen LogP contribution is -2.23. The number of rotatable bonds is 3. The lowest BCUT2D eigenvalue weighted by Gasteiger charge is -2.03. The Morgan fingerprint density at radius 3 is 2.65 bits per heavy atom. The van der Waals surface area contributed by atoms with Crippen LogP contribution in [0.4, 0.5) is 0 Å². The van der Waals surface area contributed by atoms with Crippen LogP contribution >= 0.6 is 11.6 Å². The molecule has 0 aliphatic carbocycles. The van der Waals surface area contributed by atoms with E-state index in [-0.39, 0.29) is 11.6 Å². The summed E-state index contributed by atoms with van der Waals surface area (Å²) in [5.41, 5.74) is 1.99. The van der Waals surface area contributed by atoms with Gasteiger partial charge in [0.25, 0.3) is 5.91 Å². The van der Waals surface area contributed by atoms with Crippen LogP contribution in [0.2, 0.25) is 5.02 Å². The van der Waals surface area contributed by atoms with E-state index in [1.807, 2.05) is 48.5 Å². The molecule has 0 bridgehead atoms. The van der Waals surface area contributed by atoms with Crippen molar-refractivity contribution < 1.29 is 4.79 Å². The van der Waals surface area contributed by atoms with Crippen LogP contribution < -0.4 is 5.32 Å². The second kappa shape index (κ2) is 5.35. The molecule has 1 aromatic carbocycles. The molecule has 0 radical (unpaired) electrons. The second-order valence-electron chi connectivity index (χ2n) is 4.36. The minimum Gasteiger partial charge on any atom is -0.347 e. The number of hydrogen-bond acceptors (Lipinski definition) is 2. The number of carbonyl (C=O) groups excluding carboxylic acids is 1. The average molecular weight is 286 g/mol. The summed E-state index contributed by atoms with van der Waals surface area (Å²) in [6.07, 6.45) is 1.76. The quantitative estimate of drug-likeness (QED) is 0.804. The number of halogens is 1. The SMILES string of the molecule is O=C(NCc1ccccc1)c1nn2ccccc2c1Cl. The van der Waals surface area contributed by atoms with E-state index in [0.29, 0.717) is 11.6 Å². The zero-order chi connectivity index (χ0) is 13.9. The summed E-state index contributed by atoms with van der Waals surface area (Å²) in [7, 11) is 0. The van der Waals surface area contributed by atoms with Crippen LogP contribution in [0.1, 0.15) is 16.1 Å². The van der Waals surface area contributed by atoms with Crippen LogP contribution in [0.15, 0.2) is 54.7 Å². The van der Waals surface area contributed by atoms with Crippen LogP contribution in [-0.4, -0.2) is 15.5 Å². The number of pyridine rings is 1. The monoisotopic (exact) mass is 285 g/mol. The summed E-state index contributed by atoms with van der Waals surface area (Å²) in [6, 6.07) is 15.2. The number of fused-ring (bicyclic) bond motifs is 1. The maximum absolute atomic E-state index is 12.1. The molecule has 4 nitrogen and oxygen atoms in total. The number of amides is 1. The molecule has 1 amide bonds. The van der Waals surface area contributed by atoms with Gasteiger partial charge < -0.3 is 5.32 Å². The number of benzene rings is 1. The van der Waals surface area contributed by atoms with Crippen molar-refractivity contribution in [3.8, 4) is 0 Å². The molecule has 0 fully saturated rings. The molecular weight excluding hydrogens is 274 g/mol. The summed E-state index contributed by atoms with van der Waals surface area (Å²) in [5, 5.41) is 7.39. The summed E-state index contributed by atoms with van der Waals surface area (Å²) >= 11 is 6.19. The van der Waals surface area contributed by atoms with Crippen molar-refractivity contribution in [3.63, 3.8) is 0 Å². The summed E-state index contributed by atoms with van der Waals surface area (Å²) in [4.78, 5) is 12.1. The topological polar surface area (TPSA) is 46.4 Å². The molecule has 0 spiro atoms. The molecule has 2 aromatic heterocycles. The Labute approximate surface area is 121 Å². The van der Waals surface area contributed by atoms with Crippen molar-refractivity contribution in [1.29, 1.82) is 0 Å². The van der Waals surface area contributed by atoms with Gasteiger partial charge in [0.2, 0.25) is 0 Å². The standard InChI is InChI=1S/C15H12ClN3O/c16-13-12-8-4-5-9-19(12)18-14(13)15(20)17-10-11-6-2-1-3-7-11/h1-9H,10H2,(H,17,20).